The molecule has 0 radical (unpaired) electrons. The second-order valence-corrected chi connectivity index (χ2v) is 5.60. The van der Waals surface area contributed by atoms with Crippen molar-refractivity contribution in [2.45, 2.75) is 38.0 Å². The summed E-state index contributed by atoms with van der Waals surface area (Å²) in [6.07, 6.45) is 6.18. The zero-order valence-electron chi connectivity index (χ0n) is 9.42. The molecule has 1 aromatic rings. The number of benzene rings is 1. The molecule has 1 rings (SSSR count). The highest BCUT2D eigenvalue weighted by Gasteiger charge is 1.93. The molecule has 0 heterocycles. The molecule has 0 N–H and O–H groups in total. The van der Waals surface area contributed by atoms with Crippen molar-refractivity contribution < 1.29 is 0 Å². The van der Waals surface area contributed by atoms with Crippen LogP contribution in [0.2, 0.25) is 0 Å². The minimum atomic E-state index is 0.330. The lowest BCUT2D eigenvalue weighted by Gasteiger charge is -2.04. The zero-order chi connectivity index (χ0) is 10.4. The normalized spacial score (nSPS) is 13.1. The number of hydrogen-bond donors (Lipinski definition) is 0. The molecule has 14 heavy (non-hydrogen) atoms. The van der Waals surface area contributed by atoms with E-state index in [-0.39, 0.29) is 0 Å². The molecule has 78 valence electrons. The van der Waals surface area contributed by atoms with Crippen LogP contribution in [-0.2, 0) is 0 Å². The zero-order valence-corrected chi connectivity index (χ0v) is 10.2. The van der Waals surface area contributed by atoms with Gasteiger partial charge in [0.25, 0.3) is 0 Å². The lowest BCUT2D eigenvalue weighted by Crippen LogP contribution is -1.80. The van der Waals surface area contributed by atoms with Crippen molar-refractivity contribution in [3.8, 4) is 0 Å². The summed E-state index contributed by atoms with van der Waals surface area (Å²) in [7, 11) is 0.330. The van der Waals surface area contributed by atoms with Crippen molar-refractivity contribution in [1.29, 1.82) is 0 Å². The number of hydrogen-bond acceptors (Lipinski definition) is 0. The molecule has 0 aliphatic heterocycles. The van der Waals surface area contributed by atoms with Crippen molar-refractivity contribution in [2.75, 3.05) is 6.26 Å². The van der Waals surface area contributed by atoms with Gasteiger partial charge in [0.2, 0.25) is 0 Å². The Balaban J connectivity index is 2.68. The van der Waals surface area contributed by atoms with Gasteiger partial charge in [-0.05, 0) is 38.2 Å². The SMILES string of the molecule is CCCCC=S(C)c1cccc(C)c1. The van der Waals surface area contributed by atoms with Gasteiger partial charge < -0.3 is 0 Å². The molecule has 0 bridgehead atoms. The third-order valence-electron chi connectivity index (χ3n) is 2.29. The molecule has 1 aromatic carbocycles. The van der Waals surface area contributed by atoms with Crippen molar-refractivity contribution in [2.24, 2.45) is 0 Å². The van der Waals surface area contributed by atoms with Crippen LogP contribution in [0.1, 0.15) is 31.7 Å². The van der Waals surface area contributed by atoms with E-state index in [1.807, 2.05) is 0 Å². The Bertz CT molecular complexity index is 313. The van der Waals surface area contributed by atoms with E-state index in [9.17, 15) is 0 Å². The van der Waals surface area contributed by atoms with Crippen LogP contribution in [0, 0.1) is 6.92 Å². The Morgan fingerprint density at radius 1 is 1.36 bits per heavy atom. The first-order valence-corrected chi connectivity index (χ1v) is 6.98. The van der Waals surface area contributed by atoms with Gasteiger partial charge >= 0.3 is 0 Å². The maximum absolute atomic E-state index is 2.46. The molecule has 0 aliphatic rings. The fourth-order valence-corrected chi connectivity index (χ4v) is 2.75. The third-order valence-corrected chi connectivity index (χ3v) is 4.02. The van der Waals surface area contributed by atoms with Gasteiger partial charge in [-0.2, -0.15) is 10.5 Å². The predicted octanol–water partition coefficient (Wildman–Crippen LogP) is 4.25. The van der Waals surface area contributed by atoms with Gasteiger partial charge in [-0.1, -0.05) is 36.4 Å². The van der Waals surface area contributed by atoms with Crippen LogP contribution in [0.25, 0.3) is 0 Å². The van der Waals surface area contributed by atoms with Gasteiger partial charge in [-0.3, -0.25) is 0 Å². The van der Waals surface area contributed by atoms with Crippen LogP contribution in [0.4, 0.5) is 0 Å². The van der Waals surface area contributed by atoms with Crippen LogP contribution in [0.15, 0.2) is 29.2 Å². The van der Waals surface area contributed by atoms with E-state index in [1.54, 1.807) is 0 Å². The standard InChI is InChI=1S/C13H20S/c1-4-5-6-10-14(3)13-9-7-8-12(2)11-13/h7-11H,4-6H2,1-3H3. The number of aryl methyl sites for hydroxylation is 1. The molecule has 0 fully saturated rings. The minimum absolute atomic E-state index is 0.330. The summed E-state index contributed by atoms with van der Waals surface area (Å²) in [6, 6.07) is 8.85. The molecule has 0 amide bonds. The van der Waals surface area contributed by atoms with Crippen molar-refractivity contribution in [1.82, 2.24) is 0 Å². The van der Waals surface area contributed by atoms with Crippen LogP contribution in [0.3, 0.4) is 0 Å². The molecule has 1 heteroatoms. The van der Waals surface area contributed by atoms with E-state index in [1.165, 1.54) is 29.7 Å². The molecule has 0 nitrogen and oxygen atoms in total. The molecule has 0 saturated heterocycles. The number of rotatable bonds is 4. The van der Waals surface area contributed by atoms with Crippen LogP contribution in [-0.4, -0.2) is 11.6 Å². The summed E-state index contributed by atoms with van der Waals surface area (Å²) in [5, 5.41) is 2.46. The van der Waals surface area contributed by atoms with Crippen molar-refractivity contribution in [3.05, 3.63) is 29.8 Å². The Hall–Kier alpha value is -0.560. The molecule has 0 spiro atoms. The summed E-state index contributed by atoms with van der Waals surface area (Å²) in [6.45, 7) is 4.40. The average molecular weight is 208 g/mol. The largest absolute Gasteiger partial charge is 0.162 e. The van der Waals surface area contributed by atoms with Gasteiger partial charge in [-0.25, -0.2) is 0 Å². The van der Waals surface area contributed by atoms with Gasteiger partial charge in [0.15, 0.2) is 0 Å². The summed E-state index contributed by atoms with van der Waals surface area (Å²) < 4.78 is 0. The highest BCUT2D eigenvalue weighted by Crippen LogP contribution is 2.23. The maximum Gasteiger partial charge on any atom is 0.00136 e. The van der Waals surface area contributed by atoms with E-state index in [0.717, 1.165) is 0 Å². The molecular formula is C13H20S. The first-order chi connectivity index (χ1) is 6.74. The van der Waals surface area contributed by atoms with E-state index in [0.29, 0.717) is 10.5 Å². The quantitative estimate of drug-likeness (QED) is 0.513. The summed E-state index contributed by atoms with van der Waals surface area (Å²) in [4.78, 5) is 1.47. The Morgan fingerprint density at radius 3 is 2.79 bits per heavy atom. The Morgan fingerprint density at radius 2 is 2.14 bits per heavy atom. The minimum Gasteiger partial charge on any atom is -0.162 e. The molecule has 0 aromatic heterocycles. The highest BCUT2D eigenvalue weighted by molar-refractivity contribution is 8.14. The first kappa shape index (κ1) is 11.5. The van der Waals surface area contributed by atoms with Crippen LogP contribution < -0.4 is 0 Å². The summed E-state index contributed by atoms with van der Waals surface area (Å²) in [5.41, 5.74) is 1.37. The summed E-state index contributed by atoms with van der Waals surface area (Å²) in [5.74, 6) is 0. The molecule has 0 saturated carbocycles. The number of unbranched alkanes of at least 4 members (excludes halogenated alkanes) is 2. The lowest BCUT2D eigenvalue weighted by atomic mass is 10.2. The Kier molecular flexibility index (Phi) is 4.95. The van der Waals surface area contributed by atoms with E-state index >= 15 is 0 Å². The Labute approximate surface area is 90.3 Å². The van der Waals surface area contributed by atoms with Crippen LogP contribution >= 0.6 is 10.5 Å². The van der Waals surface area contributed by atoms with Crippen molar-refractivity contribution in [3.63, 3.8) is 0 Å². The molecular weight excluding hydrogens is 188 g/mol. The van der Waals surface area contributed by atoms with Gasteiger partial charge in [0, 0.05) is 4.90 Å². The maximum atomic E-state index is 2.46. The molecule has 0 aliphatic carbocycles. The van der Waals surface area contributed by atoms with Crippen LogP contribution in [0.5, 0.6) is 0 Å². The monoisotopic (exact) mass is 208 g/mol. The molecule has 1 atom stereocenters. The summed E-state index contributed by atoms with van der Waals surface area (Å²) >= 11 is 0. The predicted molar refractivity (Wildman–Crippen MR) is 68.5 cm³/mol. The topological polar surface area (TPSA) is 0 Å². The fourth-order valence-electron chi connectivity index (χ4n) is 1.38. The average Bonchev–Trinajstić information content (AvgIpc) is 2.18. The van der Waals surface area contributed by atoms with Gasteiger partial charge in [0.1, 0.15) is 0 Å². The first-order valence-electron chi connectivity index (χ1n) is 5.28. The molecule has 1 unspecified atom stereocenters. The van der Waals surface area contributed by atoms with Crippen molar-refractivity contribution >= 4 is 15.9 Å². The highest BCUT2D eigenvalue weighted by atomic mass is 32.2. The van der Waals surface area contributed by atoms with Gasteiger partial charge in [0.05, 0.1) is 0 Å². The third kappa shape index (κ3) is 3.67. The van der Waals surface area contributed by atoms with Gasteiger partial charge in [-0.15, -0.1) is 0 Å². The second kappa shape index (κ2) is 6.02. The van der Waals surface area contributed by atoms with E-state index < -0.39 is 0 Å². The second-order valence-electron chi connectivity index (χ2n) is 3.68. The van der Waals surface area contributed by atoms with E-state index in [2.05, 4.69) is 49.7 Å². The lowest BCUT2D eigenvalue weighted by molar-refractivity contribution is 0.846. The smallest absolute Gasteiger partial charge is 0.00136 e. The van der Waals surface area contributed by atoms with E-state index in [4.69, 9.17) is 0 Å². The fraction of sp³-hybridized carbons (Fsp3) is 0.462.